The monoisotopic (exact) mass is 297 g/mol. The number of hydrogen-bond acceptors (Lipinski definition) is 2. The Morgan fingerprint density at radius 1 is 1.47 bits per heavy atom. The Kier molecular flexibility index (Phi) is 3.19. The van der Waals surface area contributed by atoms with Crippen LogP contribution in [0.2, 0.25) is 0 Å². The highest BCUT2D eigenvalue weighted by atomic mass is 79.9. The van der Waals surface area contributed by atoms with Gasteiger partial charge >= 0.3 is 0 Å². The lowest BCUT2D eigenvalue weighted by molar-refractivity contribution is 0.621. The second-order valence-corrected chi connectivity index (χ2v) is 4.58. The molecule has 0 amide bonds. The van der Waals surface area contributed by atoms with Gasteiger partial charge in [-0.25, -0.2) is 4.39 Å². The fraction of sp³-hybridized carbons (Fsp3) is 0.250. The summed E-state index contributed by atoms with van der Waals surface area (Å²) in [5.74, 6) is 0.326. The topological polar surface area (TPSA) is 43.8 Å². The van der Waals surface area contributed by atoms with Crippen molar-refractivity contribution in [3.63, 3.8) is 0 Å². The summed E-state index contributed by atoms with van der Waals surface area (Å²) in [6.45, 7) is 2.00. The average molecular weight is 298 g/mol. The highest BCUT2D eigenvalue weighted by molar-refractivity contribution is 9.10. The van der Waals surface area contributed by atoms with Crippen molar-refractivity contribution in [2.45, 2.75) is 13.3 Å². The van der Waals surface area contributed by atoms with E-state index in [1.54, 1.807) is 17.8 Å². The second-order valence-electron chi connectivity index (χ2n) is 3.79. The fourth-order valence-electron chi connectivity index (χ4n) is 1.83. The molecule has 0 atom stereocenters. The molecule has 2 aromatic rings. The van der Waals surface area contributed by atoms with Crippen LogP contribution in [0.15, 0.2) is 22.7 Å². The number of nitrogens with two attached hydrogens (primary N) is 1. The zero-order chi connectivity index (χ0) is 12.6. The predicted molar refractivity (Wildman–Crippen MR) is 70.1 cm³/mol. The lowest BCUT2D eigenvalue weighted by Crippen LogP contribution is -1.98. The Morgan fingerprint density at radius 3 is 2.82 bits per heavy atom. The van der Waals surface area contributed by atoms with Gasteiger partial charge in [0.15, 0.2) is 0 Å². The van der Waals surface area contributed by atoms with Gasteiger partial charge in [-0.15, -0.1) is 0 Å². The van der Waals surface area contributed by atoms with Crippen LogP contribution in [0.4, 0.5) is 10.2 Å². The van der Waals surface area contributed by atoms with E-state index in [0.717, 1.165) is 23.2 Å². The van der Waals surface area contributed by atoms with E-state index in [0.29, 0.717) is 10.3 Å². The lowest BCUT2D eigenvalue weighted by Gasteiger charge is -2.04. The minimum atomic E-state index is -0.297. The number of nitrogen functional groups attached to an aromatic ring is 1. The summed E-state index contributed by atoms with van der Waals surface area (Å²) in [4.78, 5) is 0. The fourth-order valence-corrected chi connectivity index (χ4v) is 2.28. The number of benzene rings is 1. The van der Waals surface area contributed by atoms with Crippen LogP contribution >= 0.6 is 15.9 Å². The van der Waals surface area contributed by atoms with Crippen LogP contribution < -0.4 is 5.73 Å². The third-order valence-corrected chi connectivity index (χ3v) is 3.56. The Labute approximate surface area is 108 Å². The Hall–Kier alpha value is -1.36. The minimum absolute atomic E-state index is 0.297. The largest absolute Gasteiger partial charge is 0.384 e. The second kappa shape index (κ2) is 4.49. The molecule has 0 aliphatic heterocycles. The Balaban J connectivity index is 2.68. The van der Waals surface area contributed by atoms with Gasteiger partial charge < -0.3 is 5.73 Å². The van der Waals surface area contributed by atoms with Crippen LogP contribution in [0.3, 0.4) is 0 Å². The molecule has 2 N–H and O–H groups in total. The molecule has 3 nitrogen and oxygen atoms in total. The van der Waals surface area contributed by atoms with E-state index in [-0.39, 0.29) is 5.82 Å². The van der Waals surface area contributed by atoms with Crippen LogP contribution in [0.1, 0.15) is 12.5 Å². The molecule has 0 unspecified atom stereocenters. The molecule has 17 heavy (non-hydrogen) atoms. The van der Waals surface area contributed by atoms with Crippen molar-refractivity contribution in [1.82, 2.24) is 9.78 Å². The van der Waals surface area contributed by atoms with Gasteiger partial charge in [0.2, 0.25) is 0 Å². The highest BCUT2D eigenvalue weighted by Crippen LogP contribution is 2.33. The Morgan fingerprint density at radius 2 is 2.18 bits per heavy atom. The maximum absolute atomic E-state index is 13.5. The van der Waals surface area contributed by atoms with Crippen molar-refractivity contribution in [3.8, 4) is 11.3 Å². The van der Waals surface area contributed by atoms with Crippen LogP contribution in [-0.4, -0.2) is 9.78 Å². The molecule has 5 heteroatoms. The van der Waals surface area contributed by atoms with Gasteiger partial charge in [-0.3, -0.25) is 4.68 Å². The highest BCUT2D eigenvalue weighted by Gasteiger charge is 2.17. The molecular weight excluding hydrogens is 285 g/mol. The molecule has 0 spiro atoms. The molecule has 0 saturated heterocycles. The summed E-state index contributed by atoms with van der Waals surface area (Å²) in [7, 11) is 1.78. The summed E-state index contributed by atoms with van der Waals surface area (Å²) in [6.07, 6.45) is 0.762. The number of rotatable bonds is 2. The number of aromatic nitrogens is 2. The molecule has 0 radical (unpaired) electrons. The van der Waals surface area contributed by atoms with Gasteiger partial charge in [0.05, 0.1) is 10.2 Å². The summed E-state index contributed by atoms with van der Waals surface area (Å²) < 4.78 is 15.5. The molecule has 2 rings (SSSR count). The van der Waals surface area contributed by atoms with Crippen molar-refractivity contribution >= 4 is 21.7 Å². The molecule has 0 aliphatic carbocycles. The smallest absolute Gasteiger partial charge is 0.138 e. The summed E-state index contributed by atoms with van der Waals surface area (Å²) in [5, 5.41) is 4.35. The molecule has 1 aromatic heterocycles. The standard InChI is InChI=1S/C12H13BrFN3/c1-3-7-11(16-17(2)12(7)15)8-5-4-6-9(14)10(8)13/h4-6H,3,15H2,1-2H3. The molecular formula is C12H13BrFN3. The molecule has 0 saturated carbocycles. The van der Waals surface area contributed by atoms with Gasteiger partial charge in [0, 0.05) is 18.2 Å². The van der Waals surface area contributed by atoms with Crippen molar-refractivity contribution in [1.29, 1.82) is 0 Å². The number of halogens is 2. The van der Waals surface area contributed by atoms with Gasteiger partial charge in [-0.2, -0.15) is 5.10 Å². The van der Waals surface area contributed by atoms with Gasteiger partial charge in [-0.1, -0.05) is 19.1 Å². The molecule has 1 aromatic carbocycles. The lowest BCUT2D eigenvalue weighted by atomic mass is 10.1. The van der Waals surface area contributed by atoms with Crippen LogP contribution in [0, 0.1) is 5.82 Å². The normalized spacial score (nSPS) is 10.8. The number of anilines is 1. The number of aryl methyl sites for hydroxylation is 1. The van der Waals surface area contributed by atoms with Crippen molar-refractivity contribution < 1.29 is 4.39 Å². The van der Waals surface area contributed by atoms with Crippen molar-refractivity contribution in [2.75, 3.05) is 5.73 Å². The zero-order valence-electron chi connectivity index (χ0n) is 9.67. The SMILES string of the molecule is CCc1c(-c2cccc(F)c2Br)nn(C)c1N. The van der Waals surface area contributed by atoms with Gasteiger partial charge in [0.1, 0.15) is 11.6 Å². The summed E-state index contributed by atoms with van der Waals surface area (Å²) >= 11 is 3.25. The van der Waals surface area contributed by atoms with Crippen molar-refractivity contribution in [2.24, 2.45) is 7.05 Å². The molecule has 0 aliphatic rings. The zero-order valence-corrected chi connectivity index (χ0v) is 11.3. The maximum atomic E-state index is 13.5. The predicted octanol–water partition coefficient (Wildman–Crippen LogP) is 3.13. The Bertz CT molecular complexity index is 563. The maximum Gasteiger partial charge on any atom is 0.138 e. The van der Waals surface area contributed by atoms with Gasteiger partial charge in [0.25, 0.3) is 0 Å². The van der Waals surface area contributed by atoms with E-state index in [1.165, 1.54) is 6.07 Å². The summed E-state index contributed by atoms with van der Waals surface area (Å²) in [6, 6.07) is 4.90. The van der Waals surface area contributed by atoms with Crippen LogP contribution in [0.25, 0.3) is 11.3 Å². The first kappa shape index (κ1) is 12.1. The van der Waals surface area contributed by atoms with Gasteiger partial charge in [-0.05, 0) is 28.4 Å². The van der Waals surface area contributed by atoms with Crippen LogP contribution in [0.5, 0.6) is 0 Å². The van der Waals surface area contributed by atoms with E-state index < -0.39 is 0 Å². The molecule has 0 bridgehead atoms. The number of nitrogens with zero attached hydrogens (tertiary/aromatic N) is 2. The first-order valence-corrected chi connectivity index (χ1v) is 6.11. The first-order chi connectivity index (χ1) is 8.06. The third-order valence-electron chi connectivity index (χ3n) is 2.75. The molecule has 90 valence electrons. The van der Waals surface area contributed by atoms with E-state index in [4.69, 9.17) is 5.73 Å². The van der Waals surface area contributed by atoms with E-state index >= 15 is 0 Å². The molecule has 0 fully saturated rings. The van der Waals surface area contributed by atoms with E-state index in [2.05, 4.69) is 21.0 Å². The van der Waals surface area contributed by atoms with Crippen LogP contribution in [-0.2, 0) is 13.5 Å². The quantitative estimate of drug-likeness (QED) is 0.925. The van der Waals surface area contributed by atoms with E-state index in [9.17, 15) is 4.39 Å². The summed E-state index contributed by atoms with van der Waals surface area (Å²) in [5.41, 5.74) is 8.34. The van der Waals surface area contributed by atoms with E-state index in [1.807, 2.05) is 13.0 Å². The minimum Gasteiger partial charge on any atom is -0.384 e. The number of hydrogen-bond donors (Lipinski definition) is 1. The average Bonchev–Trinajstić information content (AvgIpc) is 2.59. The van der Waals surface area contributed by atoms with Crippen molar-refractivity contribution in [3.05, 3.63) is 34.1 Å². The first-order valence-electron chi connectivity index (χ1n) is 5.32. The third kappa shape index (κ3) is 1.95. The molecule has 1 heterocycles.